The van der Waals surface area contributed by atoms with Gasteiger partial charge in [0.25, 0.3) is 0 Å². The molecule has 0 N–H and O–H groups in total. The van der Waals surface area contributed by atoms with Gasteiger partial charge in [0.05, 0.1) is 11.1 Å². The summed E-state index contributed by atoms with van der Waals surface area (Å²) in [5, 5.41) is 4.44. The van der Waals surface area contributed by atoms with Gasteiger partial charge in [-0.05, 0) is 48.2 Å². The van der Waals surface area contributed by atoms with Crippen LogP contribution in [0.4, 0.5) is 26.3 Å². The monoisotopic (exact) mass is 838 g/mol. The molecule has 10 heteroatoms. The maximum atomic E-state index is 12.6. The normalized spacial score (nSPS) is 11.1. The second-order valence-electron chi connectivity index (χ2n) is 11.2. The fourth-order valence-electron chi connectivity index (χ4n) is 5.18. The fourth-order valence-corrected chi connectivity index (χ4v) is 5.18. The maximum absolute atomic E-state index is 12.6. The number of fused-ring (bicyclic) bond motifs is 2. The van der Waals surface area contributed by atoms with E-state index in [0.29, 0.717) is 0 Å². The average molecular weight is 839 g/mol. The molecular weight excluding hydrogens is 805 g/mol. The van der Waals surface area contributed by atoms with E-state index in [-0.39, 0.29) is 34.8 Å². The van der Waals surface area contributed by atoms with Crippen LogP contribution in [0.15, 0.2) is 109 Å². The number of alkyl halides is 6. The van der Waals surface area contributed by atoms with Crippen molar-refractivity contribution < 1.29 is 72.8 Å². The number of hydrogen-bond acceptors (Lipinski definition) is 0. The summed E-state index contributed by atoms with van der Waals surface area (Å²) in [5.41, 5.74) is 4.81. The summed E-state index contributed by atoms with van der Waals surface area (Å²) in [7, 11) is -0.243. The Hall–Kier alpha value is -2.31. The molecule has 0 bridgehead atoms. The summed E-state index contributed by atoms with van der Waals surface area (Å²) in [5.74, 6) is 4.75. The molecule has 0 aliphatic heterocycles. The van der Waals surface area contributed by atoms with Crippen molar-refractivity contribution >= 4 is 31.5 Å². The van der Waals surface area contributed by atoms with Crippen molar-refractivity contribution in [2.75, 3.05) is 0 Å². The molecule has 0 atom stereocenters. The second-order valence-corrected chi connectivity index (χ2v) is 28.2. The summed E-state index contributed by atoms with van der Waals surface area (Å²) < 4.78 is 75.7. The molecule has 6 rings (SSSR count). The van der Waals surface area contributed by atoms with Gasteiger partial charge in [-0.2, -0.15) is 38.5 Å². The zero-order valence-corrected chi connectivity index (χ0v) is 32.9. The minimum atomic E-state index is -4.29. The molecule has 0 nitrogen and oxygen atoms in total. The van der Waals surface area contributed by atoms with Gasteiger partial charge in [0.2, 0.25) is 0 Å². The smallest absolute Gasteiger partial charge is 1.00 e. The van der Waals surface area contributed by atoms with Crippen molar-refractivity contribution in [3.05, 3.63) is 131 Å². The third kappa shape index (κ3) is 10.8. The molecule has 6 aromatic carbocycles. The summed E-state index contributed by atoms with van der Waals surface area (Å²) in [4.78, 5) is 0. The Morgan fingerprint density at radius 2 is 0.875 bits per heavy atom. The van der Waals surface area contributed by atoms with Crippen LogP contribution in [-0.2, 0) is 46.8 Å². The predicted octanol–water partition coefficient (Wildman–Crippen LogP) is 6.41. The van der Waals surface area contributed by atoms with E-state index < -0.39 is 23.5 Å². The SMILES string of the molecule is CCc1cc2c(-c3ccc(C(F)(F)F)cc3)cccc2[cH-]1.CCc1cc2c(-c3ccc(C(F)(F)F)cc3)cccc2[cH-]1.[CH3][Ge]([CH3])=[Zr+2].[Cl-].[Cl-]. The molecule has 0 aliphatic rings. The first kappa shape index (κ1) is 41.9. The minimum absolute atomic E-state index is 0. The van der Waals surface area contributed by atoms with Crippen molar-refractivity contribution in [3.63, 3.8) is 0 Å². The Labute approximate surface area is 306 Å². The number of rotatable bonds is 4. The predicted molar refractivity (Wildman–Crippen MR) is 176 cm³/mol. The van der Waals surface area contributed by atoms with Crippen LogP contribution in [0.1, 0.15) is 36.1 Å². The van der Waals surface area contributed by atoms with Gasteiger partial charge in [0.15, 0.2) is 0 Å². The Balaban J connectivity index is 0.000000289. The number of aryl methyl sites for hydroxylation is 2. The van der Waals surface area contributed by atoms with Crippen LogP contribution in [-0.4, -0.2) is 9.98 Å². The van der Waals surface area contributed by atoms with Gasteiger partial charge in [-0.1, -0.05) is 61.4 Å². The van der Waals surface area contributed by atoms with Gasteiger partial charge in [0.1, 0.15) is 0 Å². The van der Waals surface area contributed by atoms with E-state index in [2.05, 4.69) is 49.6 Å². The second kappa shape index (κ2) is 18.1. The minimum Gasteiger partial charge on any atom is -1.00 e. The van der Waals surface area contributed by atoms with Crippen LogP contribution >= 0.6 is 0 Å². The third-order valence-corrected chi connectivity index (χ3v) is 7.48. The molecule has 0 fully saturated rings. The molecule has 0 aliphatic carbocycles. The molecule has 6 aromatic rings. The van der Waals surface area contributed by atoms with Crippen molar-refractivity contribution in [2.45, 2.75) is 50.6 Å². The molecule has 0 heterocycles. The molecule has 0 saturated carbocycles. The third-order valence-electron chi connectivity index (χ3n) is 7.48. The average Bonchev–Trinajstić information content (AvgIpc) is 3.64. The van der Waals surface area contributed by atoms with Gasteiger partial charge in [-0.15, -0.1) is 69.1 Å². The summed E-state index contributed by atoms with van der Waals surface area (Å²) in [6, 6.07) is 31.0. The Morgan fingerprint density at radius 3 is 1.15 bits per heavy atom. The van der Waals surface area contributed by atoms with Crippen LogP contribution in [0, 0.1) is 0 Å². The molecule has 0 spiro atoms. The number of benzene rings is 4. The maximum Gasteiger partial charge on any atom is -1.00 e. The van der Waals surface area contributed by atoms with Crippen LogP contribution in [0.5, 0.6) is 0 Å². The Morgan fingerprint density at radius 1 is 0.562 bits per heavy atom. The van der Waals surface area contributed by atoms with Gasteiger partial charge in [-0.3, -0.25) is 0 Å². The first-order chi connectivity index (χ1) is 21.7. The number of halogens is 8. The first-order valence-electron chi connectivity index (χ1n) is 14.9. The zero-order valence-electron chi connectivity index (χ0n) is 26.8. The molecule has 0 amide bonds. The van der Waals surface area contributed by atoms with Crippen LogP contribution in [0.3, 0.4) is 0 Å². The topological polar surface area (TPSA) is 0 Å². The quantitative estimate of drug-likeness (QED) is 0.110. The van der Waals surface area contributed by atoms with Gasteiger partial charge in [0, 0.05) is 0 Å². The van der Waals surface area contributed by atoms with Crippen molar-refractivity contribution in [2.24, 2.45) is 0 Å². The molecule has 0 saturated heterocycles. The van der Waals surface area contributed by atoms with Crippen LogP contribution in [0.25, 0.3) is 43.8 Å². The summed E-state index contributed by atoms with van der Waals surface area (Å²) in [6.45, 7) is 4.18. The van der Waals surface area contributed by atoms with Crippen LogP contribution < -0.4 is 24.8 Å². The van der Waals surface area contributed by atoms with E-state index >= 15 is 0 Å². The summed E-state index contributed by atoms with van der Waals surface area (Å²) >= 11 is 1.80. The first-order valence-corrected chi connectivity index (χ1v) is 26.6. The Bertz CT molecular complexity index is 1780. The van der Waals surface area contributed by atoms with Gasteiger partial charge in [-0.25, -0.2) is 0 Å². The summed E-state index contributed by atoms with van der Waals surface area (Å²) in [6.07, 6.45) is -6.69. The molecule has 0 radical (unpaired) electrons. The fraction of sp³-hybridized carbons (Fsp3) is 0.211. The van der Waals surface area contributed by atoms with E-state index in [9.17, 15) is 26.3 Å². The molecule has 0 aromatic heterocycles. The Kier molecular flexibility index (Phi) is 15.8. The standard InChI is InChI=1S/2C18H14F3.C2H6Ge.2ClH.Zr/c2*1-2-12-10-14-4-3-5-16(17(14)11-12)13-6-8-15(9-7-13)18(19,20)21;1-3-2;;;/h2*3-11H,2H2,1H3;1-2H3;2*1H;/q2*-1;;;;+2/p-2. The van der Waals surface area contributed by atoms with Gasteiger partial charge < -0.3 is 24.8 Å². The van der Waals surface area contributed by atoms with E-state index in [1.807, 2.05) is 36.4 Å². The largest absolute Gasteiger partial charge is 1.00 e. The van der Waals surface area contributed by atoms with E-state index in [0.717, 1.165) is 80.9 Å². The zero-order chi connectivity index (χ0) is 33.6. The van der Waals surface area contributed by atoms with Crippen molar-refractivity contribution in [3.8, 4) is 22.3 Å². The number of hydrogen-bond donors (Lipinski definition) is 0. The molecule has 252 valence electrons. The molecular formula is C38H34Cl2F6GeZr-2. The van der Waals surface area contributed by atoms with E-state index in [4.69, 9.17) is 0 Å². The van der Waals surface area contributed by atoms with E-state index in [1.165, 1.54) is 35.4 Å². The van der Waals surface area contributed by atoms with Crippen molar-refractivity contribution in [1.82, 2.24) is 0 Å². The van der Waals surface area contributed by atoms with Gasteiger partial charge >= 0.3 is 55.4 Å². The molecule has 48 heavy (non-hydrogen) atoms. The van der Waals surface area contributed by atoms with Crippen LogP contribution in [0.2, 0.25) is 11.5 Å². The van der Waals surface area contributed by atoms with E-state index in [1.54, 1.807) is 21.6 Å². The molecule has 0 unspecified atom stereocenters. The van der Waals surface area contributed by atoms with Crippen molar-refractivity contribution in [1.29, 1.82) is 0 Å².